The third-order valence-corrected chi connectivity index (χ3v) is 4.16. The Kier molecular flexibility index (Phi) is 7.57. The number of nitriles is 1. The topological polar surface area (TPSA) is 56.0 Å². The molecule has 1 aromatic rings. The van der Waals surface area contributed by atoms with Gasteiger partial charge in [-0.25, -0.2) is 0 Å². The van der Waals surface area contributed by atoms with Crippen LogP contribution in [0.4, 0.5) is 0 Å². The van der Waals surface area contributed by atoms with E-state index in [9.17, 15) is 5.26 Å². The molecule has 19 heavy (non-hydrogen) atoms. The highest BCUT2D eigenvalue weighted by molar-refractivity contribution is 7.99. The molecule has 0 heterocycles. The van der Waals surface area contributed by atoms with Gasteiger partial charge in [0.05, 0.1) is 5.56 Å². The molecule has 0 saturated carbocycles. The molecule has 1 aromatic carbocycles. The fraction of sp³-hybridized carbons (Fsp3) is 0.533. The number of benzene rings is 1. The molecule has 0 aliphatic rings. The Labute approximate surface area is 120 Å². The molecule has 0 bridgehead atoms. The van der Waals surface area contributed by atoms with E-state index in [-0.39, 0.29) is 12.5 Å². The van der Waals surface area contributed by atoms with Crippen molar-refractivity contribution >= 4 is 11.8 Å². The molecule has 1 atom stereocenters. The molecule has 0 saturated heterocycles. The second-order valence-electron chi connectivity index (χ2n) is 4.72. The Balaban J connectivity index is 2.65. The van der Waals surface area contributed by atoms with E-state index in [4.69, 9.17) is 5.11 Å². The maximum atomic E-state index is 9.20. The maximum Gasteiger partial charge on any atom is 0.100 e. The summed E-state index contributed by atoms with van der Waals surface area (Å²) in [6.45, 7) is 6.12. The first-order valence-corrected chi connectivity index (χ1v) is 7.67. The Morgan fingerprint density at radius 2 is 2.26 bits per heavy atom. The molecule has 0 radical (unpaired) electrons. The van der Waals surface area contributed by atoms with Crippen LogP contribution >= 0.6 is 11.8 Å². The van der Waals surface area contributed by atoms with Crippen molar-refractivity contribution < 1.29 is 5.11 Å². The van der Waals surface area contributed by atoms with Crippen LogP contribution in [0.5, 0.6) is 0 Å². The lowest BCUT2D eigenvalue weighted by atomic mass is 10.1. The van der Waals surface area contributed by atoms with Crippen molar-refractivity contribution in [1.29, 1.82) is 5.26 Å². The average molecular weight is 278 g/mol. The van der Waals surface area contributed by atoms with Gasteiger partial charge >= 0.3 is 0 Å². The van der Waals surface area contributed by atoms with Gasteiger partial charge < -0.3 is 10.4 Å². The van der Waals surface area contributed by atoms with Crippen LogP contribution in [0, 0.1) is 17.2 Å². The Hall–Kier alpha value is -1.02. The molecular weight excluding hydrogens is 256 g/mol. The molecule has 0 aliphatic heterocycles. The van der Waals surface area contributed by atoms with E-state index in [1.165, 1.54) is 0 Å². The zero-order valence-electron chi connectivity index (χ0n) is 11.6. The summed E-state index contributed by atoms with van der Waals surface area (Å²) in [4.78, 5) is 1.00. The Bertz CT molecular complexity index is 429. The van der Waals surface area contributed by atoms with E-state index in [0.29, 0.717) is 0 Å². The highest BCUT2D eigenvalue weighted by Crippen LogP contribution is 2.25. The van der Waals surface area contributed by atoms with Crippen LogP contribution in [-0.2, 0) is 6.54 Å². The van der Waals surface area contributed by atoms with Gasteiger partial charge in [0.1, 0.15) is 6.07 Å². The third kappa shape index (κ3) is 5.65. The van der Waals surface area contributed by atoms with Gasteiger partial charge in [-0.3, -0.25) is 0 Å². The summed E-state index contributed by atoms with van der Waals surface area (Å²) in [5, 5.41) is 21.6. The van der Waals surface area contributed by atoms with Crippen molar-refractivity contribution in [2.75, 3.05) is 18.9 Å². The summed E-state index contributed by atoms with van der Waals surface area (Å²) in [5.74, 6) is 1.08. The fourth-order valence-corrected chi connectivity index (χ4v) is 2.59. The molecule has 2 N–H and O–H groups in total. The van der Waals surface area contributed by atoms with Gasteiger partial charge in [-0.2, -0.15) is 5.26 Å². The zero-order valence-corrected chi connectivity index (χ0v) is 12.5. The first-order chi connectivity index (χ1) is 9.21. The zero-order chi connectivity index (χ0) is 14.1. The lowest BCUT2D eigenvalue weighted by Gasteiger charge is -2.10. The van der Waals surface area contributed by atoms with E-state index in [1.54, 1.807) is 11.8 Å². The summed E-state index contributed by atoms with van der Waals surface area (Å²) < 4.78 is 0. The molecular formula is C15H22N2OS. The predicted molar refractivity (Wildman–Crippen MR) is 80.1 cm³/mol. The summed E-state index contributed by atoms with van der Waals surface area (Å²) >= 11 is 1.64. The van der Waals surface area contributed by atoms with Gasteiger partial charge in [0.15, 0.2) is 0 Å². The minimum atomic E-state index is 0.188. The highest BCUT2D eigenvalue weighted by Gasteiger charge is 2.07. The number of hydrogen-bond acceptors (Lipinski definition) is 4. The van der Waals surface area contributed by atoms with Crippen LogP contribution in [0.1, 0.15) is 31.4 Å². The molecule has 0 spiro atoms. The van der Waals surface area contributed by atoms with Gasteiger partial charge in [-0.15, -0.1) is 11.8 Å². The van der Waals surface area contributed by atoms with Gasteiger partial charge in [0.2, 0.25) is 0 Å². The third-order valence-electron chi connectivity index (χ3n) is 2.76. The molecule has 1 unspecified atom stereocenters. The molecule has 104 valence electrons. The summed E-state index contributed by atoms with van der Waals surface area (Å²) in [6.07, 6.45) is 1.11. The lowest BCUT2D eigenvalue weighted by Crippen LogP contribution is -2.13. The molecule has 3 nitrogen and oxygen atoms in total. The number of aliphatic hydroxyl groups is 1. The molecule has 1 rings (SSSR count). The van der Waals surface area contributed by atoms with Crippen LogP contribution < -0.4 is 5.32 Å². The van der Waals surface area contributed by atoms with E-state index in [2.05, 4.69) is 24.4 Å². The number of hydrogen-bond donors (Lipinski definition) is 2. The first kappa shape index (κ1) is 16.0. The largest absolute Gasteiger partial charge is 0.396 e. The Morgan fingerprint density at radius 3 is 2.89 bits per heavy atom. The van der Waals surface area contributed by atoms with E-state index >= 15 is 0 Å². The maximum absolute atomic E-state index is 9.20. The van der Waals surface area contributed by atoms with Crippen molar-refractivity contribution in [2.24, 2.45) is 5.92 Å². The van der Waals surface area contributed by atoms with Crippen molar-refractivity contribution in [3.8, 4) is 6.07 Å². The van der Waals surface area contributed by atoms with E-state index < -0.39 is 0 Å². The van der Waals surface area contributed by atoms with Crippen molar-refractivity contribution in [2.45, 2.75) is 31.7 Å². The number of rotatable bonds is 8. The quantitative estimate of drug-likeness (QED) is 0.567. The predicted octanol–water partition coefficient (Wildman–Crippen LogP) is 2.78. The fourth-order valence-electron chi connectivity index (χ4n) is 1.59. The summed E-state index contributed by atoms with van der Waals surface area (Å²) in [7, 11) is 0. The van der Waals surface area contributed by atoms with Crippen LogP contribution in [0.2, 0.25) is 0 Å². The lowest BCUT2D eigenvalue weighted by molar-refractivity contribution is 0.250. The van der Waals surface area contributed by atoms with Crippen molar-refractivity contribution in [1.82, 2.24) is 5.32 Å². The van der Waals surface area contributed by atoms with Gasteiger partial charge in [0.25, 0.3) is 0 Å². The van der Waals surface area contributed by atoms with Crippen LogP contribution in [0.3, 0.4) is 0 Å². The summed E-state index contributed by atoms with van der Waals surface area (Å²) in [5.41, 5.74) is 1.87. The standard InChI is InChI=1S/C15H22N2OS/c1-3-6-17-9-13-4-5-15(14(7-13)8-16)19-11-12(2)10-18/h4-5,7,12,17-18H,3,6,9-11H2,1-2H3. The van der Waals surface area contributed by atoms with E-state index in [0.717, 1.165) is 41.3 Å². The highest BCUT2D eigenvalue weighted by atomic mass is 32.2. The van der Waals surface area contributed by atoms with Crippen LogP contribution in [0.15, 0.2) is 23.1 Å². The average Bonchev–Trinajstić information content (AvgIpc) is 2.45. The molecule has 0 amide bonds. The molecule has 0 aliphatic carbocycles. The smallest absolute Gasteiger partial charge is 0.100 e. The molecule has 4 heteroatoms. The van der Waals surface area contributed by atoms with E-state index in [1.807, 2.05) is 19.1 Å². The van der Waals surface area contributed by atoms with Gasteiger partial charge in [-0.05, 0) is 36.6 Å². The number of nitrogens with one attached hydrogen (secondary N) is 1. The van der Waals surface area contributed by atoms with Crippen molar-refractivity contribution in [3.63, 3.8) is 0 Å². The number of thioether (sulfide) groups is 1. The minimum absolute atomic E-state index is 0.188. The van der Waals surface area contributed by atoms with Gasteiger partial charge in [-0.1, -0.05) is 19.9 Å². The normalized spacial score (nSPS) is 12.1. The molecule has 0 fully saturated rings. The van der Waals surface area contributed by atoms with Crippen molar-refractivity contribution in [3.05, 3.63) is 29.3 Å². The summed E-state index contributed by atoms with van der Waals surface area (Å²) in [6, 6.07) is 8.29. The monoisotopic (exact) mass is 278 g/mol. The first-order valence-electron chi connectivity index (χ1n) is 6.68. The minimum Gasteiger partial charge on any atom is -0.396 e. The second kappa shape index (κ2) is 8.98. The van der Waals surface area contributed by atoms with Crippen LogP contribution in [0.25, 0.3) is 0 Å². The number of aliphatic hydroxyl groups excluding tert-OH is 1. The Morgan fingerprint density at radius 1 is 1.47 bits per heavy atom. The second-order valence-corrected chi connectivity index (χ2v) is 5.78. The van der Waals surface area contributed by atoms with Gasteiger partial charge in [0, 0.05) is 23.8 Å². The van der Waals surface area contributed by atoms with Crippen LogP contribution in [-0.4, -0.2) is 24.0 Å². The number of nitrogens with zero attached hydrogens (tertiary/aromatic N) is 1. The SMILES string of the molecule is CCCNCc1ccc(SCC(C)CO)c(C#N)c1. The molecule has 0 aromatic heterocycles.